The summed E-state index contributed by atoms with van der Waals surface area (Å²) in [6.07, 6.45) is -1.24. The Morgan fingerprint density at radius 3 is 2.71 bits per heavy atom. The van der Waals surface area contributed by atoms with E-state index in [1.165, 1.54) is 13.3 Å². The molecule has 0 saturated heterocycles. The largest absolute Gasteiger partial charge is 0.480 e. The van der Waals surface area contributed by atoms with Crippen molar-refractivity contribution in [3.8, 4) is 5.88 Å². The maximum absolute atomic E-state index is 12.6. The van der Waals surface area contributed by atoms with Crippen molar-refractivity contribution in [1.29, 1.82) is 0 Å². The average Bonchev–Trinajstić information content (AvgIpc) is 2.16. The number of methoxy groups -OCH3 is 1. The summed E-state index contributed by atoms with van der Waals surface area (Å²) in [6.45, 7) is 0.0483. The Bertz CT molecular complexity index is 333. The molecule has 0 aliphatic carbocycles. The normalized spacial score (nSPS) is 10.7. The van der Waals surface area contributed by atoms with Gasteiger partial charge < -0.3 is 10.5 Å². The highest BCUT2D eigenvalue weighted by atomic mass is 127. The first kappa shape index (κ1) is 11.6. The molecule has 0 spiro atoms. The van der Waals surface area contributed by atoms with Crippen LogP contribution in [0.25, 0.3) is 0 Å². The van der Waals surface area contributed by atoms with E-state index in [-0.39, 0.29) is 18.0 Å². The Labute approximate surface area is 93.8 Å². The predicted octanol–water partition coefficient (Wildman–Crippen LogP) is 2.09. The summed E-state index contributed by atoms with van der Waals surface area (Å²) in [7, 11) is 1.39. The lowest BCUT2D eigenvalue weighted by Crippen LogP contribution is -2.07. The number of hydrogen-bond acceptors (Lipinski definition) is 3. The van der Waals surface area contributed by atoms with Crippen molar-refractivity contribution in [2.75, 3.05) is 7.11 Å². The minimum atomic E-state index is -2.56. The first-order chi connectivity index (χ1) is 6.61. The van der Waals surface area contributed by atoms with Gasteiger partial charge in [-0.15, -0.1) is 0 Å². The molecule has 1 heterocycles. The molecule has 2 N–H and O–H groups in total. The smallest absolute Gasteiger partial charge is 0.265 e. The SMILES string of the molecule is COc1ncc(CN)c(C(F)F)c1I. The van der Waals surface area contributed by atoms with E-state index in [0.29, 0.717) is 9.13 Å². The number of pyridine rings is 1. The second-order valence-corrected chi connectivity index (χ2v) is 3.60. The van der Waals surface area contributed by atoms with Gasteiger partial charge in [-0.05, 0) is 28.2 Å². The third kappa shape index (κ3) is 2.11. The van der Waals surface area contributed by atoms with Gasteiger partial charge in [0.2, 0.25) is 5.88 Å². The van der Waals surface area contributed by atoms with E-state index in [9.17, 15) is 8.78 Å². The van der Waals surface area contributed by atoms with Crippen LogP contribution in [0, 0.1) is 3.57 Å². The van der Waals surface area contributed by atoms with Gasteiger partial charge in [-0.1, -0.05) is 0 Å². The van der Waals surface area contributed by atoms with Gasteiger partial charge in [0.15, 0.2) is 0 Å². The maximum Gasteiger partial charge on any atom is 0.265 e. The van der Waals surface area contributed by atoms with Crippen LogP contribution in [-0.2, 0) is 6.54 Å². The molecule has 0 radical (unpaired) electrons. The summed E-state index contributed by atoms with van der Waals surface area (Å²) in [5, 5.41) is 0. The summed E-state index contributed by atoms with van der Waals surface area (Å²) >= 11 is 1.78. The molecule has 0 atom stereocenters. The van der Waals surface area contributed by atoms with Crippen LogP contribution < -0.4 is 10.5 Å². The highest BCUT2D eigenvalue weighted by molar-refractivity contribution is 14.1. The van der Waals surface area contributed by atoms with Crippen molar-refractivity contribution in [2.45, 2.75) is 13.0 Å². The Kier molecular flexibility index (Phi) is 3.99. The Hall–Kier alpha value is -0.500. The average molecular weight is 314 g/mol. The van der Waals surface area contributed by atoms with Gasteiger partial charge in [-0.2, -0.15) is 0 Å². The van der Waals surface area contributed by atoms with Gasteiger partial charge >= 0.3 is 0 Å². The van der Waals surface area contributed by atoms with Crippen LogP contribution in [-0.4, -0.2) is 12.1 Å². The summed E-state index contributed by atoms with van der Waals surface area (Å²) in [4.78, 5) is 3.87. The zero-order chi connectivity index (χ0) is 10.7. The van der Waals surface area contributed by atoms with E-state index >= 15 is 0 Å². The predicted molar refractivity (Wildman–Crippen MR) is 56.4 cm³/mol. The number of rotatable bonds is 3. The molecule has 1 rings (SSSR count). The topological polar surface area (TPSA) is 48.1 Å². The third-order valence-corrected chi connectivity index (χ3v) is 2.78. The molecule has 0 saturated carbocycles. The summed E-state index contributed by atoms with van der Waals surface area (Å²) in [5.41, 5.74) is 5.60. The minimum absolute atomic E-state index is 0.0483. The van der Waals surface area contributed by atoms with Crippen molar-refractivity contribution in [1.82, 2.24) is 4.98 Å². The van der Waals surface area contributed by atoms with Crippen molar-refractivity contribution >= 4 is 22.6 Å². The monoisotopic (exact) mass is 314 g/mol. The van der Waals surface area contributed by atoms with Crippen molar-refractivity contribution in [3.63, 3.8) is 0 Å². The zero-order valence-electron chi connectivity index (χ0n) is 7.43. The molecule has 0 unspecified atom stereocenters. The number of nitrogens with zero attached hydrogens (tertiary/aromatic N) is 1. The molecular weight excluding hydrogens is 305 g/mol. The Morgan fingerprint density at radius 2 is 2.29 bits per heavy atom. The van der Waals surface area contributed by atoms with Gasteiger partial charge in [0, 0.05) is 18.3 Å². The highest BCUT2D eigenvalue weighted by Crippen LogP contribution is 2.32. The van der Waals surface area contributed by atoms with E-state index in [1.54, 1.807) is 22.6 Å². The molecule has 0 bridgehead atoms. The van der Waals surface area contributed by atoms with E-state index < -0.39 is 6.43 Å². The standard InChI is InChI=1S/C8H9F2IN2O/c1-14-8-6(11)5(7(9)10)4(2-12)3-13-8/h3,7H,2,12H2,1H3. The van der Waals surface area contributed by atoms with E-state index in [4.69, 9.17) is 10.5 Å². The van der Waals surface area contributed by atoms with Crippen molar-refractivity contribution < 1.29 is 13.5 Å². The summed E-state index contributed by atoms with van der Waals surface area (Å²) in [6, 6.07) is 0. The summed E-state index contributed by atoms with van der Waals surface area (Å²) < 4.78 is 30.5. The van der Waals surface area contributed by atoms with E-state index in [0.717, 1.165) is 0 Å². The minimum Gasteiger partial charge on any atom is -0.480 e. The second kappa shape index (κ2) is 4.83. The fourth-order valence-corrected chi connectivity index (χ4v) is 2.00. The van der Waals surface area contributed by atoms with Crippen molar-refractivity contribution in [3.05, 3.63) is 20.9 Å². The molecule has 0 aliphatic heterocycles. The molecule has 0 aromatic carbocycles. The maximum atomic E-state index is 12.6. The fraction of sp³-hybridized carbons (Fsp3) is 0.375. The first-order valence-corrected chi connectivity index (χ1v) is 4.89. The van der Waals surface area contributed by atoms with Crippen LogP contribution in [0.1, 0.15) is 17.6 Å². The van der Waals surface area contributed by atoms with Gasteiger partial charge in [0.25, 0.3) is 6.43 Å². The molecule has 0 fully saturated rings. The molecule has 78 valence electrons. The lowest BCUT2D eigenvalue weighted by atomic mass is 10.1. The Morgan fingerprint density at radius 1 is 1.64 bits per heavy atom. The van der Waals surface area contributed by atoms with Gasteiger partial charge in [0.05, 0.1) is 10.7 Å². The van der Waals surface area contributed by atoms with Crippen LogP contribution in [0.2, 0.25) is 0 Å². The number of hydrogen-bond donors (Lipinski definition) is 1. The molecule has 6 heteroatoms. The Balaban J connectivity index is 3.31. The van der Waals surface area contributed by atoms with Gasteiger partial charge in [-0.25, -0.2) is 13.8 Å². The molecule has 0 aliphatic rings. The second-order valence-electron chi connectivity index (χ2n) is 2.53. The van der Waals surface area contributed by atoms with Crippen LogP contribution >= 0.6 is 22.6 Å². The molecular formula is C8H9F2IN2O. The molecule has 14 heavy (non-hydrogen) atoms. The molecule has 0 amide bonds. The summed E-state index contributed by atoms with van der Waals surface area (Å²) in [5.74, 6) is 0.207. The van der Waals surface area contributed by atoms with Gasteiger partial charge in [-0.3, -0.25) is 0 Å². The van der Waals surface area contributed by atoms with Gasteiger partial charge in [0.1, 0.15) is 0 Å². The highest BCUT2D eigenvalue weighted by Gasteiger charge is 2.20. The number of halogens is 3. The first-order valence-electron chi connectivity index (χ1n) is 3.81. The zero-order valence-corrected chi connectivity index (χ0v) is 9.59. The number of alkyl halides is 2. The number of nitrogens with two attached hydrogens (primary N) is 1. The van der Waals surface area contributed by atoms with E-state index in [1.807, 2.05) is 0 Å². The van der Waals surface area contributed by atoms with Crippen LogP contribution in [0.5, 0.6) is 5.88 Å². The van der Waals surface area contributed by atoms with Crippen LogP contribution in [0.3, 0.4) is 0 Å². The molecule has 1 aromatic rings. The lowest BCUT2D eigenvalue weighted by Gasteiger charge is -2.11. The fourth-order valence-electron chi connectivity index (χ4n) is 1.06. The van der Waals surface area contributed by atoms with Crippen LogP contribution in [0.4, 0.5) is 8.78 Å². The number of ether oxygens (including phenoxy) is 1. The number of aromatic nitrogens is 1. The van der Waals surface area contributed by atoms with Crippen LogP contribution in [0.15, 0.2) is 6.20 Å². The third-order valence-electron chi connectivity index (χ3n) is 1.74. The molecule has 1 aromatic heterocycles. The molecule has 3 nitrogen and oxygen atoms in total. The van der Waals surface area contributed by atoms with E-state index in [2.05, 4.69) is 4.98 Å². The van der Waals surface area contributed by atoms with Crippen molar-refractivity contribution in [2.24, 2.45) is 5.73 Å². The quantitative estimate of drug-likeness (QED) is 0.869. The lowest BCUT2D eigenvalue weighted by molar-refractivity contribution is 0.148.